The molecule has 1 N–H and O–H groups in total. The molecule has 0 unspecified atom stereocenters. The quantitative estimate of drug-likeness (QED) is 0.465. The highest BCUT2D eigenvalue weighted by atomic mass is 16.3. The van der Waals surface area contributed by atoms with E-state index in [2.05, 4.69) is 5.11 Å². The van der Waals surface area contributed by atoms with E-state index in [0.29, 0.717) is 0 Å². The highest BCUT2D eigenvalue weighted by molar-refractivity contribution is 4.20. The van der Waals surface area contributed by atoms with Gasteiger partial charge in [0.25, 0.3) is 0 Å². The van der Waals surface area contributed by atoms with Crippen LogP contribution in [-0.4, -0.2) is 12.6 Å². The third kappa shape index (κ3) is 1130. The molecule has 0 atom stereocenters. The Labute approximate surface area is 27.8 Å². The molecule has 26 valence electrons. The Balaban J connectivity index is 2.54. The zero-order valence-corrected chi connectivity index (χ0v) is 2.99. The lowest BCUT2D eigenvalue weighted by molar-refractivity contribution is 0.216. The lowest BCUT2D eigenvalue weighted by Crippen LogP contribution is -1.85. The molecule has 0 saturated heterocycles. The van der Waals surface area contributed by atoms with E-state index in [9.17, 15) is 0 Å². The summed E-state index contributed by atoms with van der Waals surface area (Å²) in [5.41, 5.74) is 0. The van der Waals surface area contributed by atoms with Gasteiger partial charge in [0, 0.05) is 6.10 Å². The van der Waals surface area contributed by atoms with Crippen LogP contribution in [0.2, 0.25) is 0 Å². The van der Waals surface area contributed by atoms with Gasteiger partial charge in [-0.2, -0.15) is 0 Å². The first-order chi connectivity index (χ1) is 2.27. The largest absolute Gasteiger partial charge is 0.394 e. The molecule has 0 fully saturated rings. The summed E-state index contributed by atoms with van der Waals surface area (Å²) in [6, 6.07) is 0. The normalized spacial score (nSPS) is 12.2. The van der Waals surface area contributed by atoms with Gasteiger partial charge in [0.15, 0.2) is 0 Å². The molecule has 0 saturated carbocycles. The summed E-state index contributed by atoms with van der Waals surface area (Å²) in [7, 11) is 0. The van der Waals surface area contributed by atoms with Crippen LogP contribution in [0.25, 0.3) is 0 Å². The monoisotopic (exact) mass is 62.1 g/mol. The van der Waals surface area contributed by atoms with Crippen molar-refractivity contribution in [1.82, 2.24) is 0 Å². The minimum Gasteiger partial charge on any atom is -0.394 e. The van der Waals surface area contributed by atoms with E-state index in [1.54, 1.807) is 0 Å². The van der Waals surface area contributed by atoms with E-state index in [4.69, 9.17) is 1.43 Å². The average molecular weight is 62.1 g/mol. The van der Waals surface area contributed by atoms with Gasteiger partial charge in [0.1, 0.15) is 0 Å². The molecule has 0 bridgehead atoms. The molecule has 1 heteroatoms. The molecule has 4 heavy (non-hydrogen) atoms. The number of hydrogen-bond acceptors (Lipinski definition) is 1. The molecule has 0 aliphatic heterocycles. The van der Waals surface area contributed by atoms with Crippen LogP contribution in [0.1, 0.15) is 13.8 Å². The predicted octanol–water partition coefficient (Wildman–Crippen LogP) is 0.387. The number of rotatable bonds is 1. The van der Waals surface area contributed by atoms with Gasteiger partial charge < -0.3 is 5.11 Å². The van der Waals surface area contributed by atoms with Crippen molar-refractivity contribution in [2.45, 2.75) is 20.0 Å². The Morgan fingerprint density at radius 3 is 2.25 bits per heavy atom. The summed E-state index contributed by atoms with van der Waals surface area (Å²) in [4.78, 5) is 0. The molecule has 0 radical (unpaired) electrons. The first kappa shape index (κ1) is 2.21. The maximum absolute atomic E-state index is 6.16. The van der Waals surface area contributed by atoms with Crippen LogP contribution >= 0.6 is 0 Å². The molecular weight excluding hydrogens is 52.0 g/mol. The number of aliphatic hydroxyl groups is 1. The first-order valence-corrected chi connectivity index (χ1v) is 1.39. The summed E-state index contributed by atoms with van der Waals surface area (Å²) in [5, 5.41) is 4.00. The van der Waals surface area contributed by atoms with Crippen molar-refractivity contribution in [3.8, 4) is 0 Å². The Bertz CT molecular complexity index is 20.9. The zero-order valence-electron chi connectivity index (χ0n) is 3.99. The topological polar surface area (TPSA) is 20.2 Å². The van der Waals surface area contributed by atoms with E-state index in [1.165, 1.54) is 0 Å². The van der Waals surface area contributed by atoms with Crippen LogP contribution in [0, 0.1) is 0 Å². The van der Waals surface area contributed by atoms with Crippen molar-refractivity contribution in [3.05, 3.63) is 0 Å². The second kappa shape index (κ2) is 1.30. The third-order valence-corrected chi connectivity index (χ3v) is 0. The maximum Gasteiger partial charge on any atom is 0.210 e. The lowest BCUT2D eigenvalue weighted by atomic mass is 10.5. The molecule has 0 aliphatic rings. The van der Waals surface area contributed by atoms with Crippen molar-refractivity contribution in [3.63, 3.8) is 0 Å². The SMILES string of the molecule is [3H]OC(C)C. The van der Waals surface area contributed by atoms with E-state index >= 15 is 0 Å². The van der Waals surface area contributed by atoms with Crippen LogP contribution in [0.5, 0.6) is 0 Å². The van der Waals surface area contributed by atoms with Gasteiger partial charge >= 0.3 is 0 Å². The zero-order chi connectivity index (χ0) is 4.28. The predicted molar refractivity (Wildman–Crippen MR) is 17.4 cm³/mol. The number of hydrogen-bond donors (Lipinski definition) is 1. The number of aliphatic hydroxyl groups excluding tert-OH is 1. The van der Waals surface area contributed by atoms with Gasteiger partial charge in [0.05, 0.1) is 0 Å². The summed E-state index contributed by atoms with van der Waals surface area (Å²) in [6.07, 6.45) is 0.0509. The van der Waals surface area contributed by atoms with Gasteiger partial charge in [-0.1, -0.05) is 0 Å². The minimum absolute atomic E-state index is 0.0509. The summed E-state index contributed by atoms with van der Waals surface area (Å²) in [6.45, 7) is 3.62. The minimum atomic E-state index is 0.0509. The fourth-order valence-corrected chi connectivity index (χ4v) is 0. The molecular formula is C3H8O. The van der Waals surface area contributed by atoms with Crippen LogP contribution in [0.15, 0.2) is 0 Å². The highest BCUT2D eigenvalue weighted by Gasteiger charge is 1.69. The molecule has 0 aromatic carbocycles. The van der Waals surface area contributed by atoms with Crippen LogP contribution in [0.4, 0.5) is 0 Å². The van der Waals surface area contributed by atoms with Crippen LogP contribution < -0.4 is 0 Å². The maximum atomic E-state index is 6.16. The first-order valence-electron chi connectivity index (χ1n) is 1.80. The fourth-order valence-electron chi connectivity index (χ4n) is 0. The molecule has 1 nitrogen and oxygen atoms in total. The van der Waals surface area contributed by atoms with Gasteiger partial charge in [-0.15, -0.1) is 0 Å². The molecule has 0 aromatic rings. The lowest BCUT2D eigenvalue weighted by Gasteiger charge is -1.80. The van der Waals surface area contributed by atoms with E-state index in [1.807, 2.05) is 13.8 Å². The Kier molecular flexibility index (Phi) is 0.718. The van der Waals surface area contributed by atoms with Crippen molar-refractivity contribution in [1.29, 1.82) is 1.43 Å². The molecule has 0 spiro atoms. The van der Waals surface area contributed by atoms with Gasteiger partial charge in [-0.05, 0) is 13.8 Å². The van der Waals surface area contributed by atoms with E-state index < -0.39 is 0 Å². The summed E-state index contributed by atoms with van der Waals surface area (Å²) in [5.74, 6) is 0. The Hall–Kier alpha value is -0.0400. The Morgan fingerprint density at radius 2 is 2.25 bits per heavy atom. The van der Waals surface area contributed by atoms with Gasteiger partial charge in [0.2, 0.25) is 1.43 Å². The third-order valence-electron chi connectivity index (χ3n) is 0. The van der Waals surface area contributed by atoms with E-state index in [-0.39, 0.29) is 6.10 Å². The smallest absolute Gasteiger partial charge is 0.210 e. The summed E-state index contributed by atoms with van der Waals surface area (Å²) >= 11 is 0. The second-order valence-electron chi connectivity index (χ2n) is 1.05. The fraction of sp³-hybridized carbons (Fsp3) is 1.00. The van der Waals surface area contributed by atoms with E-state index in [0.717, 1.165) is 0 Å². The summed E-state index contributed by atoms with van der Waals surface area (Å²) < 4.78 is 6.16. The molecule has 0 rings (SSSR count). The Morgan fingerprint density at radius 1 is 2.00 bits per heavy atom. The second-order valence-corrected chi connectivity index (χ2v) is 1.05. The van der Waals surface area contributed by atoms with Gasteiger partial charge in [-0.3, -0.25) is 0 Å². The van der Waals surface area contributed by atoms with Crippen LogP contribution in [0.3, 0.4) is 0 Å². The molecule has 0 aliphatic carbocycles. The highest BCUT2D eigenvalue weighted by Crippen LogP contribution is 1.65. The van der Waals surface area contributed by atoms with Crippen molar-refractivity contribution in [2.24, 2.45) is 0 Å². The van der Waals surface area contributed by atoms with Crippen molar-refractivity contribution in [2.75, 3.05) is 0 Å². The average Bonchev–Trinajstić information content (AvgIpc) is 1.38. The van der Waals surface area contributed by atoms with Gasteiger partial charge in [-0.25, -0.2) is 0 Å². The van der Waals surface area contributed by atoms with Crippen molar-refractivity contribution < 1.29 is 5.11 Å². The molecule has 0 aromatic heterocycles. The van der Waals surface area contributed by atoms with Crippen molar-refractivity contribution >= 4 is 0 Å². The molecule has 0 heterocycles. The van der Waals surface area contributed by atoms with Crippen LogP contribution in [-0.2, 0) is 0 Å². The molecule has 0 amide bonds. The standard InChI is InChI=1S/C3H8O/c1-3(2)4/h3-4H,1-2H3/i4T.